The molecule has 0 bridgehead atoms. The molecule has 1 fully saturated rings. The van der Waals surface area contributed by atoms with Crippen LogP contribution in [-0.4, -0.2) is 45.5 Å². The number of hydrogen-bond donors (Lipinski definition) is 1. The molecule has 0 spiro atoms. The molecule has 6 nitrogen and oxygen atoms in total. The predicted octanol–water partition coefficient (Wildman–Crippen LogP) is 2.61. The number of ether oxygens (including phenoxy) is 1. The Balaban J connectivity index is 1.82. The van der Waals surface area contributed by atoms with E-state index in [-0.39, 0.29) is 6.09 Å². The molecule has 1 aromatic rings. The zero-order valence-corrected chi connectivity index (χ0v) is 15.1. The fourth-order valence-corrected chi connectivity index (χ4v) is 2.78. The highest BCUT2D eigenvalue weighted by Gasteiger charge is 2.25. The molecule has 0 aliphatic carbocycles. The molecule has 23 heavy (non-hydrogen) atoms. The first-order valence-corrected chi connectivity index (χ1v) is 8.45. The van der Waals surface area contributed by atoms with Gasteiger partial charge in [-0.1, -0.05) is 0 Å². The Bertz CT molecular complexity index is 533. The molecule has 1 atom stereocenters. The Kier molecular flexibility index (Phi) is 5.68. The van der Waals surface area contributed by atoms with Crippen molar-refractivity contribution in [2.45, 2.75) is 65.1 Å². The monoisotopic (exact) mass is 322 g/mol. The van der Waals surface area contributed by atoms with Crippen molar-refractivity contribution in [3.63, 3.8) is 0 Å². The minimum Gasteiger partial charge on any atom is -0.444 e. The van der Waals surface area contributed by atoms with Crippen LogP contribution in [0.5, 0.6) is 0 Å². The molecule has 0 saturated carbocycles. The van der Waals surface area contributed by atoms with Gasteiger partial charge in [-0.05, 0) is 47.0 Å². The van der Waals surface area contributed by atoms with Gasteiger partial charge in [0, 0.05) is 44.0 Å². The number of carbonyl (C=O) groups is 1. The summed E-state index contributed by atoms with van der Waals surface area (Å²) in [6.07, 6.45) is 4.77. The van der Waals surface area contributed by atoms with Crippen molar-refractivity contribution in [3.8, 4) is 0 Å². The summed E-state index contributed by atoms with van der Waals surface area (Å²) < 4.78 is 7.37. The van der Waals surface area contributed by atoms with Gasteiger partial charge in [0.25, 0.3) is 0 Å². The van der Waals surface area contributed by atoms with Crippen molar-refractivity contribution in [1.29, 1.82) is 0 Å². The number of aryl methyl sites for hydroxylation is 1. The molecule has 1 aliphatic heterocycles. The SMILES string of the molecule is Cc1c(CNC2CCCN(C(=O)OC(C)(C)C)CC2)cnn1C. The first-order chi connectivity index (χ1) is 10.8. The molecule has 1 N–H and O–H groups in total. The third-order valence-electron chi connectivity index (χ3n) is 4.30. The Morgan fingerprint density at radius 2 is 2.13 bits per heavy atom. The van der Waals surface area contributed by atoms with E-state index in [1.54, 1.807) is 0 Å². The minimum absolute atomic E-state index is 0.193. The molecule has 6 heteroatoms. The summed E-state index contributed by atoms with van der Waals surface area (Å²) in [5, 5.41) is 7.88. The summed E-state index contributed by atoms with van der Waals surface area (Å²) in [4.78, 5) is 14.0. The maximum absolute atomic E-state index is 12.2. The average Bonchev–Trinajstić information content (AvgIpc) is 2.67. The average molecular weight is 322 g/mol. The Labute approximate surface area is 139 Å². The van der Waals surface area contributed by atoms with Gasteiger partial charge in [0.05, 0.1) is 6.20 Å². The summed E-state index contributed by atoms with van der Waals surface area (Å²) in [5.41, 5.74) is 2.00. The molecular formula is C17H30N4O2. The van der Waals surface area contributed by atoms with Gasteiger partial charge in [-0.2, -0.15) is 5.10 Å². The summed E-state index contributed by atoms with van der Waals surface area (Å²) in [7, 11) is 1.96. The Morgan fingerprint density at radius 3 is 2.74 bits per heavy atom. The molecule has 0 aromatic carbocycles. The molecule has 2 rings (SSSR count). The summed E-state index contributed by atoms with van der Waals surface area (Å²) in [5.74, 6) is 0. The topological polar surface area (TPSA) is 59.4 Å². The van der Waals surface area contributed by atoms with E-state index >= 15 is 0 Å². The minimum atomic E-state index is -0.432. The van der Waals surface area contributed by atoms with Gasteiger partial charge in [0.15, 0.2) is 0 Å². The van der Waals surface area contributed by atoms with E-state index in [4.69, 9.17) is 4.74 Å². The molecule has 1 amide bonds. The summed E-state index contributed by atoms with van der Waals surface area (Å²) in [6, 6.07) is 0.432. The molecule has 1 aromatic heterocycles. The largest absolute Gasteiger partial charge is 0.444 e. The first kappa shape index (κ1) is 17.8. The van der Waals surface area contributed by atoms with Crippen LogP contribution in [0.4, 0.5) is 4.79 Å². The van der Waals surface area contributed by atoms with Crippen molar-refractivity contribution in [2.75, 3.05) is 13.1 Å². The summed E-state index contributed by atoms with van der Waals surface area (Å²) in [6.45, 7) is 10.2. The van der Waals surface area contributed by atoms with Gasteiger partial charge >= 0.3 is 6.09 Å². The molecule has 0 radical (unpaired) electrons. The van der Waals surface area contributed by atoms with Gasteiger partial charge in [-0.3, -0.25) is 4.68 Å². The lowest BCUT2D eigenvalue weighted by atomic mass is 10.1. The number of rotatable bonds is 3. The van der Waals surface area contributed by atoms with Gasteiger partial charge < -0.3 is 15.0 Å². The van der Waals surface area contributed by atoms with E-state index in [0.717, 1.165) is 38.9 Å². The molecule has 2 heterocycles. The molecule has 1 unspecified atom stereocenters. The molecule has 1 saturated heterocycles. The standard InChI is InChI=1S/C17H30N4O2/c1-13-14(12-19-20(13)5)11-18-15-7-6-9-21(10-8-15)16(22)23-17(2,3)4/h12,15,18H,6-11H2,1-5H3. The molecular weight excluding hydrogens is 292 g/mol. The van der Waals surface area contributed by atoms with E-state index in [1.165, 1.54) is 11.3 Å². The number of nitrogens with zero attached hydrogens (tertiary/aromatic N) is 3. The second-order valence-electron chi connectivity index (χ2n) is 7.35. The smallest absolute Gasteiger partial charge is 0.410 e. The zero-order valence-electron chi connectivity index (χ0n) is 15.1. The second-order valence-corrected chi connectivity index (χ2v) is 7.35. The van der Waals surface area contributed by atoms with Crippen LogP contribution >= 0.6 is 0 Å². The fourth-order valence-electron chi connectivity index (χ4n) is 2.78. The number of hydrogen-bond acceptors (Lipinski definition) is 4. The van der Waals surface area contributed by atoms with Crippen molar-refractivity contribution in [1.82, 2.24) is 20.0 Å². The number of amides is 1. The lowest BCUT2D eigenvalue weighted by Gasteiger charge is -2.26. The van der Waals surface area contributed by atoms with E-state index in [9.17, 15) is 4.79 Å². The highest BCUT2D eigenvalue weighted by molar-refractivity contribution is 5.68. The number of likely N-dealkylation sites (tertiary alicyclic amines) is 1. The van der Waals surface area contributed by atoms with Crippen LogP contribution in [0.2, 0.25) is 0 Å². The van der Waals surface area contributed by atoms with Crippen LogP contribution in [0.3, 0.4) is 0 Å². The van der Waals surface area contributed by atoms with E-state index in [1.807, 2.05) is 43.6 Å². The van der Waals surface area contributed by atoms with E-state index < -0.39 is 5.60 Å². The van der Waals surface area contributed by atoms with Crippen LogP contribution in [0, 0.1) is 6.92 Å². The summed E-state index contributed by atoms with van der Waals surface area (Å²) >= 11 is 0. The second kappa shape index (κ2) is 7.34. The maximum atomic E-state index is 12.2. The van der Waals surface area contributed by atoms with E-state index in [0.29, 0.717) is 6.04 Å². The first-order valence-electron chi connectivity index (χ1n) is 8.45. The number of aromatic nitrogens is 2. The van der Waals surface area contributed by atoms with Crippen molar-refractivity contribution in [2.24, 2.45) is 7.05 Å². The molecule has 1 aliphatic rings. The van der Waals surface area contributed by atoms with Gasteiger partial charge in [0.2, 0.25) is 0 Å². The van der Waals surface area contributed by atoms with Crippen LogP contribution in [-0.2, 0) is 18.3 Å². The highest BCUT2D eigenvalue weighted by Crippen LogP contribution is 2.16. The third-order valence-corrected chi connectivity index (χ3v) is 4.30. The van der Waals surface area contributed by atoms with Gasteiger partial charge in [-0.15, -0.1) is 0 Å². The van der Waals surface area contributed by atoms with Gasteiger partial charge in [0.1, 0.15) is 5.60 Å². The number of nitrogens with one attached hydrogen (secondary N) is 1. The Morgan fingerprint density at radius 1 is 1.39 bits per heavy atom. The quantitative estimate of drug-likeness (QED) is 0.929. The van der Waals surface area contributed by atoms with Crippen LogP contribution < -0.4 is 5.32 Å². The van der Waals surface area contributed by atoms with Crippen LogP contribution in [0.25, 0.3) is 0 Å². The zero-order chi connectivity index (χ0) is 17.0. The maximum Gasteiger partial charge on any atom is 0.410 e. The lowest BCUT2D eigenvalue weighted by Crippen LogP contribution is -2.38. The fraction of sp³-hybridized carbons (Fsp3) is 0.765. The Hall–Kier alpha value is -1.56. The highest BCUT2D eigenvalue weighted by atomic mass is 16.6. The van der Waals surface area contributed by atoms with Crippen LogP contribution in [0.15, 0.2) is 6.20 Å². The predicted molar refractivity (Wildman–Crippen MR) is 90.2 cm³/mol. The number of carbonyl (C=O) groups excluding carboxylic acids is 1. The van der Waals surface area contributed by atoms with Crippen molar-refractivity contribution in [3.05, 3.63) is 17.5 Å². The van der Waals surface area contributed by atoms with Crippen molar-refractivity contribution < 1.29 is 9.53 Å². The van der Waals surface area contributed by atoms with Crippen molar-refractivity contribution >= 4 is 6.09 Å². The molecule has 130 valence electrons. The van der Waals surface area contributed by atoms with Crippen LogP contribution in [0.1, 0.15) is 51.3 Å². The van der Waals surface area contributed by atoms with Gasteiger partial charge in [-0.25, -0.2) is 4.79 Å². The normalized spacial score (nSPS) is 19.5. The van der Waals surface area contributed by atoms with E-state index in [2.05, 4.69) is 17.3 Å². The third kappa shape index (κ3) is 5.23. The lowest BCUT2D eigenvalue weighted by molar-refractivity contribution is 0.0256.